The molecule has 104 valence electrons. The molecule has 0 saturated carbocycles. The molecule has 1 saturated heterocycles. The second kappa shape index (κ2) is 6.04. The number of methoxy groups -OCH3 is 1. The molecule has 0 radical (unpaired) electrons. The average molecular weight is 263 g/mol. The van der Waals surface area contributed by atoms with E-state index in [1.54, 1.807) is 7.11 Å². The van der Waals surface area contributed by atoms with Gasteiger partial charge in [0.15, 0.2) is 0 Å². The maximum atomic E-state index is 7.51. The van der Waals surface area contributed by atoms with Gasteiger partial charge in [0.2, 0.25) is 0 Å². The molecule has 1 aliphatic rings. The maximum absolute atomic E-state index is 7.51. The fourth-order valence-electron chi connectivity index (χ4n) is 2.34. The molecule has 0 amide bonds. The molecule has 5 nitrogen and oxygen atoms in total. The number of nitrogens with two attached hydrogens (primary N) is 1. The minimum Gasteiger partial charge on any atom is -0.496 e. The lowest BCUT2D eigenvalue weighted by molar-refractivity contribution is 0.156. The van der Waals surface area contributed by atoms with Gasteiger partial charge >= 0.3 is 0 Å². The van der Waals surface area contributed by atoms with E-state index in [0.29, 0.717) is 6.04 Å². The van der Waals surface area contributed by atoms with Crippen LogP contribution in [-0.2, 0) is 11.3 Å². The van der Waals surface area contributed by atoms with Gasteiger partial charge in [-0.3, -0.25) is 10.3 Å². The number of likely N-dealkylation sites (N-methyl/N-ethyl adjacent to an activating group) is 1. The van der Waals surface area contributed by atoms with Gasteiger partial charge in [0.1, 0.15) is 11.6 Å². The molecular formula is C14H21N3O2. The van der Waals surface area contributed by atoms with Crippen LogP contribution in [0.5, 0.6) is 5.75 Å². The Hall–Kier alpha value is -1.59. The molecule has 2 rings (SSSR count). The Kier molecular flexibility index (Phi) is 4.39. The zero-order valence-electron chi connectivity index (χ0n) is 11.5. The van der Waals surface area contributed by atoms with Crippen molar-refractivity contribution < 1.29 is 9.47 Å². The number of benzene rings is 1. The molecule has 1 fully saturated rings. The van der Waals surface area contributed by atoms with Crippen LogP contribution in [0.1, 0.15) is 17.5 Å². The SMILES string of the molecule is COc1ccc(C(=N)N)cc1CN(C)C1CCOC1. The van der Waals surface area contributed by atoms with Crippen molar-refractivity contribution in [2.24, 2.45) is 5.73 Å². The fourth-order valence-corrected chi connectivity index (χ4v) is 2.34. The second-order valence-corrected chi connectivity index (χ2v) is 4.87. The molecule has 1 heterocycles. The highest BCUT2D eigenvalue weighted by Crippen LogP contribution is 2.23. The van der Waals surface area contributed by atoms with Crippen molar-refractivity contribution in [1.29, 1.82) is 5.41 Å². The van der Waals surface area contributed by atoms with Crippen LogP contribution in [-0.4, -0.2) is 44.1 Å². The van der Waals surface area contributed by atoms with Gasteiger partial charge in [-0.2, -0.15) is 0 Å². The second-order valence-electron chi connectivity index (χ2n) is 4.87. The summed E-state index contributed by atoms with van der Waals surface area (Å²) in [5.41, 5.74) is 7.31. The Bertz CT molecular complexity index is 456. The van der Waals surface area contributed by atoms with E-state index in [0.717, 1.165) is 43.1 Å². The lowest BCUT2D eigenvalue weighted by atomic mass is 10.1. The van der Waals surface area contributed by atoms with E-state index < -0.39 is 0 Å². The molecular weight excluding hydrogens is 242 g/mol. The summed E-state index contributed by atoms with van der Waals surface area (Å²) >= 11 is 0. The van der Waals surface area contributed by atoms with Crippen molar-refractivity contribution in [3.05, 3.63) is 29.3 Å². The number of nitrogens with one attached hydrogen (secondary N) is 1. The molecule has 19 heavy (non-hydrogen) atoms. The van der Waals surface area contributed by atoms with E-state index in [1.807, 2.05) is 18.2 Å². The van der Waals surface area contributed by atoms with Crippen LogP contribution in [0.3, 0.4) is 0 Å². The van der Waals surface area contributed by atoms with Crippen LogP contribution < -0.4 is 10.5 Å². The predicted octanol–water partition coefficient (Wildman–Crippen LogP) is 1.20. The molecule has 0 bridgehead atoms. The summed E-state index contributed by atoms with van der Waals surface area (Å²) in [5.74, 6) is 0.909. The molecule has 1 aromatic carbocycles. The molecule has 1 unspecified atom stereocenters. The van der Waals surface area contributed by atoms with Gasteiger partial charge in [0.25, 0.3) is 0 Å². The van der Waals surface area contributed by atoms with Gasteiger partial charge in [-0.05, 0) is 31.7 Å². The number of amidine groups is 1. The van der Waals surface area contributed by atoms with Crippen molar-refractivity contribution in [2.75, 3.05) is 27.4 Å². The third-order valence-corrected chi connectivity index (χ3v) is 3.54. The smallest absolute Gasteiger partial charge is 0.123 e. The highest BCUT2D eigenvalue weighted by Gasteiger charge is 2.21. The molecule has 3 N–H and O–H groups in total. The lowest BCUT2D eigenvalue weighted by Crippen LogP contribution is -2.31. The molecule has 0 aromatic heterocycles. The minimum atomic E-state index is 0.0794. The first-order valence-corrected chi connectivity index (χ1v) is 6.41. The summed E-state index contributed by atoms with van der Waals surface area (Å²) in [4.78, 5) is 2.26. The van der Waals surface area contributed by atoms with E-state index in [2.05, 4.69) is 11.9 Å². The third kappa shape index (κ3) is 3.24. The lowest BCUT2D eigenvalue weighted by Gasteiger charge is -2.24. The van der Waals surface area contributed by atoms with Crippen LogP contribution >= 0.6 is 0 Å². The predicted molar refractivity (Wildman–Crippen MR) is 74.7 cm³/mol. The summed E-state index contributed by atoms with van der Waals surface area (Å²) in [6.07, 6.45) is 1.06. The molecule has 0 spiro atoms. The Morgan fingerprint density at radius 2 is 2.37 bits per heavy atom. The van der Waals surface area contributed by atoms with Gasteiger partial charge in [0.05, 0.1) is 13.7 Å². The zero-order chi connectivity index (χ0) is 13.8. The van der Waals surface area contributed by atoms with E-state index in [-0.39, 0.29) is 5.84 Å². The summed E-state index contributed by atoms with van der Waals surface area (Å²) in [6.45, 7) is 2.38. The molecule has 5 heteroatoms. The molecule has 1 aromatic rings. The van der Waals surface area contributed by atoms with Crippen LogP contribution in [0.4, 0.5) is 0 Å². The van der Waals surface area contributed by atoms with Crippen molar-refractivity contribution in [1.82, 2.24) is 4.90 Å². The van der Waals surface area contributed by atoms with Gasteiger partial charge in [-0.1, -0.05) is 0 Å². The minimum absolute atomic E-state index is 0.0794. The number of hydrogen-bond donors (Lipinski definition) is 2. The monoisotopic (exact) mass is 263 g/mol. The highest BCUT2D eigenvalue weighted by molar-refractivity contribution is 5.95. The summed E-state index contributed by atoms with van der Waals surface area (Å²) in [7, 11) is 3.74. The first-order chi connectivity index (χ1) is 9.11. The Labute approximate surface area is 113 Å². The van der Waals surface area contributed by atoms with Crippen molar-refractivity contribution >= 4 is 5.84 Å². The van der Waals surface area contributed by atoms with Crippen molar-refractivity contribution in [3.8, 4) is 5.75 Å². The Morgan fingerprint density at radius 3 is 2.95 bits per heavy atom. The highest BCUT2D eigenvalue weighted by atomic mass is 16.5. The van der Waals surface area contributed by atoms with Crippen LogP contribution in [0.2, 0.25) is 0 Å². The number of nitrogen functional groups attached to an aromatic ring is 1. The summed E-state index contributed by atoms with van der Waals surface area (Å²) < 4.78 is 10.8. The maximum Gasteiger partial charge on any atom is 0.123 e. The first kappa shape index (κ1) is 13.8. The number of ether oxygens (including phenoxy) is 2. The third-order valence-electron chi connectivity index (χ3n) is 3.54. The van der Waals surface area contributed by atoms with Gasteiger partial charge in [-0.25, -0.2) is 0 Å². The van der Waals surface area contributed by atoms with Gasteiger partial charge in [-0.15, -0.1) is 0 Å². The van der Waals surface area contributed by atoms with E-state index in [4.69, 9.17) is 20.6 Å². The molecule has 0 aliphatic carbocycles. The number of hydrogen-bond acceptors (Lipinski definition) is 4. The largest absolute Gasteiger partial charge is 0.496 e. The Balaban J connectivity index is 2.16. The summed E-state index contributed by atoms with van der Waals surface area (Å²) in [5, 5.41) is 7.51. The average Bonchev–Trinajstić information content (AvgIpc) is 2.92. The number of nitrogens with zero attached hydrogens (tertiary/aromatic N) is 1. The van der Waals surface area contributed by atoms with Gasteiger partial charge < -0.3 is 15.2 Å². The van der Waals surface area contributed by atoms with Crippen molar-refractivity contribution in [2.45, 2.75) is 19.0 Å². The normalized spacial score (nSPS) is 18.8. The van der Waals surface area contributed by atoms with Crippen LogP contribution in [0, 0.1) is 5.41 Å². The number of rotatable bonds is 5. The molecule has 1 aliphatic heterocycles. The summed E-state index contributed by atoms with van der Waals surface area (Å²) in [6, 6.07) is 6.05. The van der Waals surface area contributed by atoms with Crippen LogP contribution in [0.25, 0.3) is 0 Å². The van der Waals surface area contributed by atoms with E-state index in [9.17, 15) is 0 Å². The molecule has 1 atom stereocenters. The van der Waals surface area contributed by atoms with Crippen molar-refractivity contribution in [3.63, 3.8) is 0 Å². The Morgan fingerprint density at radius 1 is 1.58 bits per heavy atom. The zero-order valence-corrected chi connectivity index (χ0v) is 11.5. The first-order valence-electron chi connectivity index (χ1n) is 6.41. The topological polar surface area (TPSA) is 71.6 Å². The van der Waals surface area contributed by atoms with E-state index in [1.165, 1.54) is 0 Å². The quantitative estimate of drug-likeness (QED) is 0.618. The van der Waals surface area contributed by atoms with E-state index >= 15 is 0 Å². The van der Waals surface area contributed by atoms with Crippen LogP contribution in [0.15, 0.2) is 18.2 Å². The van der Waals surface area contributed by atoms with Gasteiger partial charge in [0, 0.05) is 30.3 Å². The fraction of sp³-hybridized carbons (Fsp3) is 0.500. The standard InChI is InChI=1S/C14H21N3O2/c1-17(12-5-6-19-9-12)8-11-7-10(14(15)16)3-4-13(11)18-2/h3-4,7,12H,5-6,8-9H2,1-2H3,(H3,15,16).